The Bertz CT molecular complexity index is 947. The molecule has 0 aliphatic carbocycles. The van der Waals surface area contributed by atoms with E-state index >= 15 is 0 Å². The third kappa shape index (κ3) is 3.97. The molecule has 0 atom stereocenters. The molecule has 3 rings (SSSR count). The standard InChI is InChI=1S/C17H15FN4O3/c1-2-15-20-21-17(25-15)11-3-8-16(24)22(9-11)10-14(23)19-13-6-4-12(18)5-7-13/h3-9H,2,10H2,1H3,(H,19,23). The number of amides is 1. The highest BCUT2D eigenvalue weighted by atomic mass is 19.1. The van der Waals surface area contributed by atoms with E-state index in [1.807, 2.05) is 6.92 Å². The van der Waals surface area contributed by atoms with E-state index in [9.17, 15) is 14.0 Å². The molecule has 0 aliphatic heterocycles. The lowest BCUT2D eigenvalue weighted by molar-refractivity contribution is -0.116. The summed E-state index contributed by atoms with van der Waals surface area (Å²) in [4.78, 5) is 24.1. The average Bonchev–Trinajstić information content (AvgIpc) is 3.08. The lowest BCUT2D eigenvalue weighted by Gasteiger charge is -2.08. The predicted octanol–water partition coefficient (Wildman–Crippen LogP) is 2.24. The van der Waals surface area contributed by atoms with Crippen molar-refractivity contribution in [3.8, 4) is 11.5 Å². The summed E-state index contributed by atoms with van der Waals surface area (Å²) in [7, 11) is 0. The fraction of sp³-hybridized carbons (Fsp3) is 0.176. The Kier molecular flexibility index (Phi) is 4.69. The fourth-order valence-corrected chi connectivity index (χ4v) is 2.18. The molecule has 1 N–H and O–H groups in total. The van der Waals surface area contributed by atoms with Crippen LogP contribution in [0.25, 0.3) is 11.5 Å². The number of carbonyl (C=O) groups excluding carboxylic acids is 1. The van der Waals surface area contributed by atoms with Gasteiger partial charge in [-0.1, -0.05) is 6.92 Å². The fourth-order valence-electron chi connectivity index (χ4n) is 2.18. The number of aryl methyl sites for hydroxylation is 1. The molecule has 1 aromatic carbocycles. The van der Waals surface area contributed by atoms with Gasteiger partial charge in [-0.05, 0) is 30.3 Å². The number of aromatic nitrogens is 3. The number of nitrogens with zero attached hydrogens (tertiary/aromatic N) is 3. The average molecular weight is 342 g/mol. The monoisotopic (exact) mass is 342 g/mol. The second kappa shape index (κ2) is 7.08. The Morgan fingerprint density at radius 2 is 1.96 bits per heavy atom. The van der Waals surface area contributed by atoms with Crippen LogP contribution in [0.4, 0.5) is 10.1 Å². The lowest BCUT2D eigenvalue weighted by atomic mass is 10.3. The Hall–Kier alpha value is -3.29. The Morgan fingerprint density at radius 3 is 2.64 bits per heavy atom. The van der Waals surface area contributed by atoms with E-state index in [4.69, 9.17) is 4.42 Å². The molecular weight excluding hydrogens is 327 g/mol. The molecule has 25 heavy (non-hydrogen) atoms. The highest BCUT2D eigenvalue weighted by Gasteiger charge is 2.11. The van der Waals surface area contributed by atoms with Gasteiger partial charge in [0.1, 0.15) is 12.4 Å². The van der Waals surface area contributed by atoms with Crippen molar-refractivity contribution in [3.05, 3.63) is 64.7 Å². The SMILES string of the molecule is CCc1nnc(-c2ccc(=O)n(CC(=O)Nc3ccc(F)cc3)c2)o1. The van der Waals surface area contributed by atoms with Gasteiger partial charge in [-0.15, -0.1) is 10.2 Å². The summed E-state index contributed by atoms with van der Waals surface area (Å²) >= 11 is 0. The Labute approximate surface area is 142 Å². The molecule has 0 saturated heterocycles. The van der Waals surface area contributed by atoms with Gasteiger partial charge in [0.05, 0.1) is 5.56 Å². The molecule has 0 fully saturated rings. The Morgan fingerprint density at radius 1 is 1.20 bits per heavy atom. The van der Waals surface area contributed by atoms with Crippen molar-refractivity contribution < 1.29 is 13.6 Å². The van der Waals surface area contributed by atoms with E-state index in [0.29, 0.717) is 23.6 Å². The van der Waals surface area contributed by atoms with E-state index < -0.39 is 11.7 Å². The minimum absolute atomic E-state index is 0.196. The van der Waals surface area contributed by atoms with Crippen LogP contribution in [0, 0.1) is 5.82 Å². The van der Waals surface area contributed by atoms with Crippen LogP contribution >= 0.6 is 0 Å². The summed E-state index contributed by atoms with van der Waals surface area (Å²) in [6.07, 6.45) is 2.09. The van der Waals surface area contributed by atoms with Gasteiger partial charge >= 0.3 is 0 Å². The van der Waals surface area contributed by atoms with E-state index in [0.717, 1.165) is 0 Å². The topological polar surface area (TPSA) is 90.0 Å². The predicted molar refractivity (Wildman–Crippen MR) is 88.4 cm³/mol. The molecule has 3 aromatic rings. The van der Waals surface area contributed by atoms with Crippen LogP contribution in [0.15, 0.2) is 51.8 Å². The summed E-state index contributed by atoms with van der Waals surface area (Å²) in [6.45, 7) is 1.69. The number of carbonyl (C=O) groups is 1. The summed E-state index contributed by atoms with van der Waals surface area (Å²) in [6, 6.07) is 8.25. The first-order valence-corrected chi connectivity index (χ1v) is 7.64. The van der Waals surface area contributed by atoms with Crippen LogP contribution in [0.5, 0.6) is 0 Å². The van der Waals surface area contributed by atoms with E-state index in [1.165, 1.54) is 41.1 Å². The molecule has 0 spiro atoms. The van der Waals surface area contributed by atoms with E-state index in [2.05, 4.69) is 15.5 Å². The maximum atomic E-state index is 12.9. The maximum absolute atomic E-state index is 12.9. The van der Waals surface area contributed by atoms with Gasteiger partial charge in [-0.25, -0.2) is 4.39 Å². The molecule has 0 saturated carbocycles. The van der Waals surface area contributed by atoms with E-state index in [-0.39, 0.29) is 18.0 Å². The molecule has 0 bridgehead atoms. The van der Waals surface area contributed by atoms with Crippen molar-refractivity contribution in [2.45, 2.75) is 19.9 Å². The van der Waals surface area contributed by atoms with Gasteiger partial charge < -0.3 is 14.3 Å². The minimum atomic E-state index is -0.411. The van der Waals surface area contributed by atoms with Crippen LogP contribution in [0.3, 0.4) is 0 Å². The second-order valence-corrected chi connectivity index (χ2v) is 5.29. The number of anilines is 1. The van der Waals surface area contributed by atoms with Crippen LogP contribution < -0.4 is 10.9 Å². The molecule has 0 unspecified atom stereocenters. The van der Waals surface area contributed by atoms with Gasteiger partial charge in [0.2, 0.25) is 17.7 Å². The van der Waals surface area contributed by atoms with Crippen molar-refractivity contribution in [1.82, 2.24) is 14.8 Å². The lowest BCUT2D eigenvalue weighted by Crippen LogP contribution is -2.26. The van der Waals surface area contributed by atoms with Crippen molar-refractivity contribution in [2.75, 3.05) is 5.32 Å². The molecule has 7 nitrogen and oxygen atoms in total. The van der Waals surface area contributed by atoms with Crippen molar-refractivity contribution >= 4 is 11.6 Å². The maximum Gasteiger partial charge on any atom is 0.251 e. The molecule has 128 valence electrons. The first kappa shape index (κ1) is 16.6. The minimum Gasteiger partial charge on any atom is -0.421 e. The quantitative estimate of drug-likeness (QED) is 0.768. The van der Waals surface area contributed by atoms with Gasteiger partial charge in [-0.3, -0.25) is 9.59 Å². The van der Waals surface area contributed by atoms with Gasteiger partial charge in [0.25, 0.3) is 5.56 Å². The molecule has 2 aromatic heterocycles. The highest BCUT2D eigenvalue weighted by molar-refractivity contribution is 5.90. The number of hydrogen-bond acceptors (Lipinski definition) is 5. The zero-order valence-electron chi connectivity index (χ0n) is 13.4. The number of benzene rings is 1. The first-order valence-electron chi connectivity index (χ1n) is 7.64. The van der Waals surface area contributed by atoms with Gasteiger partial charge in [0.15, 0.2) is 0 Å². The summed E-state index contributed by atoms with van der Waals surface area (Å²) in [5.41, 5.74) is 0.648. The van der Waals surface area contributed by atoms with Crippen LogP contribution in [0.1, 0.15) is 12.8 Å². The van der Waals surface area contributed by atoms with Gasteiger partial charge in [-0.2, -0.15) is 0 Å². The zero-order valence-corrected chi connectivity index (χ0v) is 13.4. The summed E-state index contributed by atoms with van der Waals surface area (Å²) in [5, 5.41) is 10.4. The highest BCUT2D eigenvalue weighted by Crippen LogP contribution is 2.16. The zero-order chi connectivity index (χ0) is 17.8. The molecule has 0 aliphatic rings. The van der Waals surface area contributed by atoms with E-state index in [1.54, 1.807) is 6.07 Å². The second-order valence-electron chi connectivity index (χ2n) is 5.29. The van der Waals surface area contributed by atoms with Crippen LogP contribution in [-0.4, -0.2) is 20.7 Å². The Balaban J connectivity index is 1.77. The number of halogens is 1. The van der Waals surface area contributed by atoms with Crippen LogP contribution in [0.2, 0.25) is 0 Å². The third-order valence-corrected chi connectivity index (χ3v) is 3.44. The first-order chi connectivity index (χ1) is 12.0. The molecule has 1 amide bonds. The molecule has 8 heteroatoms. The van der Waals surface area contributed by atoms with Crippen molar-refractivity contribution in [1.29, 1.82) is 0 Å². The number of rotatable bonds is 5. The normalized spacial score (nSPS) is 10.6. The van der Waals surface area contributed by atoms with Crippen molar-refractivity contribution in [2.24, 2.45) is 0 Å². The smallest absolute Gasteiger partial charge is 0.251 e. The summed E-state index contributed by atoms with van der Waals surface area (Å²) in [5.74, 6) is -0.0371. The molecular formula is C17H15FN4O3. The van der Waals surface area contributed by atoms with Crippen molar-refractivity contribution in [3.63, 3.8) is 0 Å². The van der Waals surface area contributed by atoms with Gasteiger partial charge in [0, 0.05) is 24.4 Å². The number of hydrogen-bond donors (Lipinski definition) is 1. The number of pyridine rings is 1. The largest absolute Gasteiger partial charge is 0.421 e. The third-order valence-electron chi connectivity index (χ3n) is 3.44. The number of nitrogens with one attached hydrogen (secondary N) is 1. The van der Waals surface area contributed by atoms with Crippen LogP contribution in [-0.2, 0) is 17.8 Å². The molecule has 0 radical (unpaired) electrons. The molecule has 2 heterocycles. The summed E-state index contributed by atoms with van der Waals surface area (Å²) < 4.78 is 19.6.